The minimum Gasteiger partial charge on any atom is -0.665 e. The van der Waals surface area contributed by atoms with Crippen LogP contribution in [0.3, 0.4) is 0 Å². The van der Waals surface area contributed by atoms with Gasteiger partial charge in [-0.05, 0) is 79.6 Å². The quantitative estimate of drug-likeness (QED) is 0.00860. The zero-order valence-electron chi connectivity index (χ0n) is 61.3. The van der Waals surface area contributed by atoms with E-state index in [4.69, 9.17) is 48.9 Å². The van der Waals surface area contributed by atoms with E-state index < -0.39 is 12.2 Å². The Balaban J connectivity index is 0.00000127. The molecule has 571 valence electrons. The summed E-state index contributed by atoms with van der Waals surface area (Å²) in [4.78, 5) is 80.2. The number of fused-ring (bicyclic) bond motifs is 6. The molecule has 3 atom stereocenters. The van der Waals surface area contributed by atoms with E-state index in [1.807, 2.05) is 13.0 Å². The largest absolute Gasteiger partial charge is 0.665 e. The van der Waals surface area contributed by atoms with Crippen molar-refractivity contribution in [3.8, 4) is 22.3 Å². The number of hydrogen-bond acceptors (Lipinski definition) is 20. The number of aliphatic hydroxyl groups is 1. The van der Waals surface area contributed by atoms with Gasteiger partial charge in [0.25, 0.3) is 0 Å². The van der Waals surface area contributed by atoms with Crippen LogP contribution in [0.5, 0.6) is 0 Å². The first-order chi connectivity index (χ1) is 51.9. The van der Waals surface area contributed by atoms with E-state index in [1.54, 1.807) is 33.5 Å². The van der Waals surface area contributed by atoms with Crippen LogP contribution in [0, 0.1) is 0 Å². The molecule has 2 aliphatic carbocycles. The van der Waals surface area contributed by atoms with Crippen LogP contribution >= 0.6 is 0 Å². The molecular weight excluding hydrogens is 1450 g/mol. The summed E-state index contributed by atoms with van der Waals surface area (Å²) in [7, 11) is 7.85. The van der Waals surface area contributed by atoms with Gasteiger partial charge >= 0.3 is 6.15 Å². The fraction of sp³-hybridized carbons (Fsp3) is 0.274. The predicted octanol–water partition coefficient (Wildman–Crippen LogP) is 13.5. The Labute approximate surface area is 653 Å². The fourth-order valence-electron chi connectivity index (χ4n) is 10.7. The smallest absolute Gasteiger partial charge is 0.373 e. The Morgan fingerprint density at radius 3 is 0.963 bits per heavy atom. The Bertz CT molecular complexity index is 3280. The molecule has 8 aromatic carbocycles. The summed E-state index contributed by atoms with van der Waals surface area (Å²) in [5.41, 5.74) is 15.6. The van der Waals surface area contributed by atoms with Crippen molar-refractivity contribution >= 4 is 32.0 Å². The molecular formula is C84H96O22Y-4. The third-order valence-electron chi connectivity index (χ3n) is 14.6. The van der Waals surface area contributed by atoms with Crippen LogP contribution in [-0.4, -0.2) is 167 Å². The van der Waals surface area contributed by atoms with E-state index in [0.717, 1.165) is 6.42 Å². The first-order valence-corrected chi connectivity index (χ1v) is 32.9. The third-order valence-corrected chi connectivity index (χ3v) is 14.6. The first-order valence-electron chi connectivity index (χ1n) is 32.9. The molecule has 8 aromatic rings. The summed E-state index contributed by atoms with van der Waals surface area (Å²) < 4.78 is 32.3. The van der Waals surface area contributed by atoms with Crippen molar-refractivity contribution in [1.29, 1.82) is 0 Å². The monoisotopic (exact) mass is 1550 g/mol. The number of methoxy groups -OCH3 is 4. The van der Waals surface area contributed by atoms with Gasteiger partial charge in [0, 0.05) is 68.3 Å². The summed E-state index contributed by atoms with van der Waals surface area (Å²) in [6, 6.07) is 78.9. The number of carbonyl (C=O) groups excluding carboxylic acids is 4. The zero-order valence-corrected chi connectivity index (χ0v) is 64.2. The topological polar surface area (TPSA) is 283 Å². The van der Waals surface area contributed by atoms with Gasteiger partial charge in [-0.25, -0.2) is 29.3 Å². The average molecular weight is 1550 g/mol. The maximum Gasteiger partial charge on any atom is 0.373 e. The zero-order chi connectivity index (χ0) is 78.2. The number of aliphatic hydroxyl groups excluding tert-OH is 3. The minimum atomic E-state index is -0.634. The SMILES string of the molecule is C=CCCOCOC.C=CCOOCC(CC)O[C-]=O.C=CCOOCC(COC)O[C-]=O.C=CCOOCC(O)COC.COC.O=C=O.O=[C-]O.O=[C-]O.[Y].c1ccc(C2(c3ccccc3)c3ccccc3-c3ccccc32)cc1.c1ccc(C2(c3ccccc3)c3ccccc3-c3ccccc32)cc1. The Morgan fingerprint density at radius 2 is 0.692 bits per heavy atom. The van der Waals surface area contributed by atoms with Crippen molar-refractivity contribution in [1.82, 2.24) is 0 Å². The van der Waals surface area contributed by atoms with Gasteiger partial charge in [-0.2, -0.15) is 9.59 Å². The molecule has 0 heterocycles. The van der Waals surface area contributed by atoms with E-state index in [2.05, 4.69) is 293 Å². The molecule has 107 heavy (non-hydrogen) atoms. The molecule has 0 bridgehead atoms. The predicted molar refractivity (Wildman–Crippen MR) is 402 cm³/mol. The van der Waals surface area contributed by atoms with Crippen molar-refractivity contribution in [3.63, 3.8) is 0 Å². The van der Waals surface area contributed by atoms with E-state index in [9.17, 15) is 9.59 Å². The second-order valence-electron chi connectivity index (χ2n) is 21.4. The van der Waals surface area contributed by atoms with Crippen LogP contribution in [0.15, 0.2) is 269 Å². The Morgan fingerprint density at radius 1 is 0.411 bits per heavy atom. The van der Waals surface area contributed by atoms with E-state index >= 15 is 0 Å². The molecule has 0 saturated heterocycles. The first kappa shape index (κ1) is 97.6. The van der Waals surface area contributed by atoms with Gasteiger partial charge in [0.1, 0.15) is 58.6 Å². The number of rotatable bonds is 33. The van der Waals surface area contributed by atoms with Gasteiger partial charge in [-0.15, -0.1) is 26.3 Å². The molecule has 23 heteroatoms. The standard InChI is InChI=1S/2C25H18.C8H13O5.C8H13O4.C7H14O4.C6H12O2.C2H6O.2CHO2.CO2.Y/c2*1-3-11-19(12-4-1)25(20-13-5-2-6-14-20)23-17-9-7-15-21(23)22-16-8-10-18-24(22)25;1-3-4-12-13-6-8(5-10-2)11-7-9;1-3-5-11-12-6-8(4-2)10-7-9;1-3-4-10-11-6-7(8)5-9-2;1-3-4-5-8-6-7-2;1-3-2;3*2-1-3;/h2*1-18H;3,8H,1,4-6H2,2H3;3,8H,1,4-6H2,2H3;3,7-8H,1,4-6H2,2H3;3H,1,4-6H2,2H3;1-2H3;2*(H,2,3);;/q;;2*-1;;;;2*-1;;. The molecule has 10 rings (SSSR count). The van der Waals surface area contributed by atoms with Crippen molar-refractivity contribution < 1.29 is 139 Å². The molecule has 22 nitrogen and oxygen atoms in total. The molecule has 0 spiro atoms. The van der Waals surface area contributed by atoms with Crippen molar-refractivity contribution in [2.75, 3.05) is 102 Å². The summed E-state index contributed by atoms with van der Waals surface area (Å²) in [6.45, 7) is 22.3. The number of hydrogen-bond donors (Lipinski definition) is 3. The third kappa shape index (κ3) is 33.9. The van der Waals surface area contributed by atoms with E-state index in [-0.39, 0.29) is 95.4 Å². The van der Waals surface area contributed by atoms with Crippen LogP contribution in [0.2, 0.25) is 0 Å². The summed E-state index contributed by atoms with van der Waals surface area (Å²) in [6.07, 6.45) is 6.88. The number of ether oxygens (including phenoxy) is 7. The molecule has 0 fully saturated rings. The van der Waals surface area contributed by atoms with Crippen LogP contribution in [0.1, 0.15) is 64.3 Å². The van der Waals surface area contributed by atoms with Crippen LogP contribution in [-0.2, 0) is 135 Å². The Hall–Kier alpha value is -9.40. The molecule has 1 radical (unpaired) electrons. The molecule has 2 aliphatic rings. The Kier molecular flexibility index (Phi) is 58.2. The normalized spacial score (nSPS) is 11.8. The fourth-order valence-corrected chi connectivity index (χ4v) is 10.7. The average Bonchev–Trinajstić information content (AvgIpc) is 1.56. The van der Waals surface area contributed by atoms with Gasteiger partial charge in [-0.3, -0.25) is 0 Å². The molecule has 3 unspecified atom stereocenters. The summed E-state index contributed by atoms with van der Waals surface area (Å²) >= 11 is 0. The summed E-state index contributed by atoms with van der Waals surface area (Å²) in [5.74, 6) is 0. The second kappa shape index (κ2) is 63.8. The van der Waals surface area contributed by atoms with Gasteiger partial charge in [0.05, 0.1) is 36.8 Å². The van der Waals surface area contributed by atoms with E-state index in [1.165, 1.54) is 100 Å². The molecule has 0 amide bonds. The molecule has 3 N–H and O–H groups in total. The van der Waals surface area contributed by atoms with Crippen molar-refractivity contribution in [2.45, 2.75) is 48.9 Å². The molecule has 0 aliphatic heterocycles. The van der Waals surface area contributed by atoms with Gasteiger partial charge in [0.15, 0.2) is 0 Å². The van der Waals surface area contributed by atoms with Crippen LogP contribution < -0.4 is 0 Å². The van der Waals surface area contributed by atoms with Gasteiger partial charge < -0.3 is 67.7 Å². The molecule has 0 saturated carbocycles. The maximum atomic E-state index is 9.86. The van der Waals surface area contributed by atoms with Crippen molar-refractivity contribution in [2.24, 2.45) is 0 Å². The van der Waals surface area contributed by atoms with Gasteiger partial charge in [0.2, 0.25) is 0 Å². The van der Waals surface area contributed by atoms with Crippen LogP contribution in [0.4, 0.5) is 0 Å². The van der Waals surface area contributed by atoms with Crippen LogP contribution in [0.25, 0.3) is 22.3 Å². The molecule has 0 aromatic heterocycles. The van der Waals surface area contributed by atoms with Gasteiger partial charge in [-0.1, -0.05) is 276 Å². The second-order valence-corrected chi connectivity index (χ2v) is 21.4. The summed E-state index contributed by atoms with van der Waals surface area (Å²) in [5, 5.41) is 22.5. The van der Waals surface area contributed by atoms with E-state index in [0.29, 0.717) is 46.0 Å². The maximum absolute atomic E-state index is 9.86. The number of benzene rings is 8. The minimum absolute atomic E-state index is 0. The van der Waals surface area contributed by atoms with Crippen molar-refractivity contribution in [3.05, 3.63) is 314 Å².